The summed E-state index contributed by atoms with van der Waals surface area (Å²) in [7, 11) is 0. The van der Waals surface area contributed by atoms with Gasteiger partial charge in [0.25, 0.3) is 0 Å². The fourth-order valence-electron chi connectivity index (χ4n) is 2.24. The van der Waals surface area contributed by atoms with Crippen LogP contribution >= 0.6 is 0 Å². The standard InChI is InChI=1S/C14H9NO4/c1-6-2-8-10(5-15-6)14(19)12-9(13(8)18)3-7(16)4-11(12)17/h2-5,16-17H,1H3. The first-order valence-electron chi connectivity index (χ1n) is 5.61. The summed E-state index contributed by atoms with van der Waals surface area (Å²) in [5, 5.41) is 19.2. The van der Waals surface area contributed by atoms with Gasteiger partial charge in [-0.25, -0.2) is 0 Å². The third-order valence-corrected chi connectivity index (χ3v) is 3.10. The van der Waals surface area contributed by atoms with Crippen molar-refractivity contribution in [3.05, 3.63) is 52.3 Å². The summed E-state index contributed by atoms with van der Waals surface area (Å²) in [6.07, 6.45) is 1.33. The van der Waals surface area contributed by atoms with Gasteiger partial charge in [0, 0.05) is 29.1 Å². The lowest BCUT2D eigenvalue weighted by molar-refractivity contribution is 0.0976. The van der Waals surface area contributed by atoms with Crippen molar-refractivity contribution in [2.45, 2.75) is 6.92 Å². The van der Waals surface area contributed by atoms with Gasteiger partial charge < -0.3 is 10.2 Å². The van der Waals surface area contributed by atoms with E-state index in [0.717, 1.165) is 6.07 Å². The van der Waals surface area contributed by atoms with Crippen molar-refractivity contribution in [3.63, 3.8) is 0 Å². The Labute approximate surface area is 108 Å². The molecule has 0 aliphatic heterocycles. The molecule has 19 heavy (non-hydrogen) atoms. The van der Waals surface area contributed by atoms with Gasteiger partial charge in [-0.05, 0) is 19.1 Å². The lowest BCUT2D eigenvalue weighted by atomic mass is 9.84. The van der Waals surface area contributed by atoms with Crippen LogP contribution < -0.4 is 0 Å². The number of benzene rings is 1. The molecule has 1 aromatic heterocycles. The average molecular weight is 255 g/mol. The maximum atomic E-state index is 12.3. The second kappa shape index (κ2) is 3.65. The lowest BCUT2D eigenvalue weighted by Crippen LogP contribution is -2.21. The van der Waals surface area contributed by atoms with E-state index in [1.54, 1.807) is 6.92 Å². The zero-order valence-electron chi connectivity index (χ0n) is 9.97. The molecule has 0 spiro atoms. The smallest absolute Gasteiger partial charge is 0.199 e. The van der Waals surface area contributed by atoms with Crippen molar-refractivity contribution in [2.75, 3.05) is 0 Å². The van der Waals surface area contributed by atoms with E-state index >= 15 is 0 Å². The molecule has 1 aliphatic rings. The van der Waals surface area contributed by atoms with Crippen LogP contribution in [0.2, 0.25) is 0 Å². The lowest BCUT2D eigenvalue weighted by Gasteiger charge is -2.18. The van der Waals surface area contributed by atoms with E-state index in [-0.39, 0.29) is 28.0 Å². The number of carbonyl (C=O) groups is 2. The van der Waals surface area contributed by atoms with Crippen molar-refractivity contribution in [2.24, 2.45) is 0 Å². The van der Waals surface area contributed by atoms with Gasteiger partial charge in [0.15, 0.2) is 11.6 Å². The zero-order valence-corrected chi connectivity index (χ0v) is 9.97. The van der Waals surface area contributed by atoms with Crippen molar-refractivity contribution < 1.29 is 19.8 Å². The van der Waals surface area contributed by atoms with Crippen molar-refractivity contribution in [3.8, 4) is 11.5 Å². The van der Waals surface area contributed by atoms with E-state index in [1.165, 1.54) is 18.3 Å². The average Bonchev–Trinajstić information content (AvgIpc) is 2.35. The van der Waals surface area contributed by atoms with E-state index in [2.05, 4.69) is 4.98 Å². The molecule has 94 valence electrons. The van der Waals surface area contributed by atoms with Crippen molar-refractivity contribution in [1.82, 2.24) is 4.98 Å². The summed E-state index contributed by atoms with van der Waals surface area (Å²) < 4.78 is 0. The molecule has 5 heteroatoms. The Kier molecular flexibility index (Phi) is 2.19. The van der Waals surface area contributed by atoms with Gasteiger partial charge in [-0.1, -0.05) is 0 Å². The van der Waals surface area contributed by atoms with E-state index < -0.39 is 17.3 Å². The van der Waals surface area contributed by atoms with Crippen LogP contribution in [0.25, 0.3) is 0 Å². The van der Waals surface area contributed by atoms with Crippen LogP contribution in [0.5, 0.6) is 11.5 Å². The molecule has 0 saturated carbocycles. The monoisotopic (exact) mass is 255 g/mol. The Morgan fingerprint density at radius 1 is 0.947 bits per heavy atom. The zero-order chi connectivity index (χ0) is 13.7. The van der Waals surface area contributed by atoms with E-state index in [4.69, 9.17) is 0 Å². The maximum Gasteiger partial charge on any atom is 0.199 e. The number of fused-ring (bicyclic) bond motifs is 2. The van der Waals surface area contributed by atoms with E-state index in [9.17, 15) is 19.8 Å². The summed E-state index contributed by atoms with van der Waals surface area (Å²) in [6.45, 7) is 1.72. The fraction of sp³-hybridized carbons (Fsp3) is 0.0714. The molecule has 0 fully saturated rings. The molecule has 0 bridgehead atoms. The topological polar surface area (TPSA) is 87.5 Å². The third-order valence-electron chi connectivity index (χ3n) is 3.10. The van der Waals surface area contributed by atoms with Crippen molar-refractivity contribution >= 4 is 11.6 Å². The number of hydrogen-bond donors (Lipinski definition) is 2. The van der Waals surface area contributed by atoms with E-state index in [1.807, 2.05) is 0 Å². The number of hydrogen-bond acceptors (Lipinski definition) is 5. The predicted octanol–water partition coefficient (Wildman–Crippen LogP) is 1.58. The molecular weight excluding hydrogens is 246 g/mol. The van der Waals surface area contributed by atoms with Gasteiger partial charge in [-0.15, -0.1) is 0 Å². The molecule has 1 heterocycles. The number of nitrogens with zero attached hydrogens (tertiary/aromatic N) is 1. The molecule has 1 aromatic carbocycles. The van der Waals surface area contributed by atoms with E-state index in [0.29, 0.717) is 5.69 Å². The Morgan fingerprint density at radius 2 is 1.68 bits per heavy atom. The van der Waals surface area contributed by atoms with Crippen LogP contribution in [0.3, 0.4) is 0 Å². The SMILES string of the molecule is Cc1cc2c(cn1)C(=O)c1c(O)cc(O)cc1C2=O. The minimum absolute atomic E-state index is 0.0144. The molecule has 1 aliphatic carbocycles. The number of ketones is 2. The highest BCUT2D eigenvalue weighted by Crippen LogP contribution is 2.35. The third kappa shape index (κ3) is 1.52. The first-order valence-corrected chi connectivity index (χ1v) is 5.61. The number of aromatic nitrogens is 1. The molecule has 0 unspecified atom stereocenters. The van der Waals surface area contributed by atoms with Crippen LogP contribution in [0, 0.1) is 6.92 Å². The van der Waals surface area contributed by atoms with Gasteiger partial charge in [0.05, 0.1) is 11.1 Å². The highest BCUT2D eigenvalue weighted by molar-refractivity contribution is 6.29. The maximum absolute atomic E-state index is 12.3. The first-order chi connectivity index (χ1) is 8.99. The predicted molar refractivity (Wildman–Crippen MR) is 65.6 cm³/mol. The number of carbonyl (C=O) groups excluding carboxylic acids is 2. The second-order valence-electron chi connectivity index (χ2n) is 4.42. The fourth-order valence-corrected chi connectivity index (χ4v) is 2.24. The Morgan fingerprint density at radius 3 is 2.42 bits per heavy atom. The van der Waals surface area contributed by atoms with Gasteiger partial charge >= 0.3 is 0 Å². The highest BCUT2D eigenvalue weighted by atomic mass is 16.3. The molecular formula is C14H9NO4. The highest BCUT2D eigenvalue weighted by Gasteiger charge is 2.32. The number of phenolic OH excluding ortho intramolecular Hbond substituents is 2. The number of pyridine rings is 1. The molecule has 0 amide bonds. The van der Waals surface area contributed by atoms with Crippen LogP contribution in [0.15, 0.2) is 24.4 Å². The number of aryl methyl sites for hydroxylation is 1. The Balaban J connectivity index is 2.36. The van der Waals surface area contributed by atoms with Crippen LogP contribution in [0.4, 0.5) is 0 Å². The molecule has 0 radical (unpaired) electrons. The molecule has 0 atom stereocenters. The Hall–Kier alpha value is -2.69. The summed E-state index contributed by atoms with van der Waals surface area (Å²) in [6, 6.07) is 3.75. The van der Waals surface area contributed by atoms with Gasteiger partial charge in [0.1, 0.15) is 11.5 Å². The molecule has 5 nitrogen and oxygen atoms in total. The first kappa shape index (κ1) is 11.4. The number of phenols is 2. The normalized spacial score (nSPS) is 13.1. The summed E-state index contributed by atoms with van der Waals surface area (Å²) in [5.74, 6) is -1.53. The molecule has 0 saturated heterocycles. The molecule has 3 rings (SSSR count). The van der Waals surface area contributed by atoms with Crippen LogP contribution in [-0.4, -0.2) is 26.8 Å². The minimum atomic E-state index is -0.463. The second-order valence-corrected chi connectivity index (χ2v) is 4.42. The summed E-state index contributed by atoms with van der Waals surface area (Å²) in [5.41, 5.74) is 0.966. The Bertz CT molecular complexity index is 749. The quantitative estimate of drug-likeness (QED) is 0.636. The largest absolute Gasteiger partial charge is 0.508 e. The number of aromatic hydroxyl groups is 2. The number of rotatable bonds is 0. The minimum Gasteiger partial charge on any atom is -0.508 e. The molecule has 2 N–H and O–H groups in total. The van der Waals surface area contributed by atoms with Gasteiger partial charge in [-0.2, -0.15) is 0 Å². The van der Waals surface area contributed by atoms with Gasteiger partial charge in [-0.3, -0.25) is 14.6 Å². The van der Waals surface area contributed by atoms with Crippen LogP contribution in [0.1, 0.15) is 37.5 Å². The van der Waals surface area contributed by atoms with Gasteiger partial charge in [0.2, 0.25) is 0 Å². The summed E-state index contributed by atoms with van der Waals surface area (Å²) in [4.78, 5) is 28.6. The van der Waals surface area contributed by atoms with Crippen molar-refractivity contribution in [1.29, 1.82) is 0 Å². The molecule has 2 aromatic rings. The van der Waals surface area contributed by atoms with Crippen LogP contribution in [-0.2, 0) is 0 Å². The summed E-state index contributed by atoms with van der Waals surface area (Å²) >= 11 is 0.